The van der Waals surface area contributed by atoms with E-state index in [1.165, 1.54) is 0 Å². The van der Waals surface area contributed by atoms with Gasteiger partial charge in [-0.1, -0.05) is 28.1 Å². The van der Waals surface area contributed by atoms with Crippen molar-refractivity contribution in [3.05, 3.63) is 34.3 Å². The molecule has 1 rings (SSSR count). The Morgan fingerprint density at radius 1 is 0.880 bits per heavy atom. The minimum absolute atomic E-state index is 0.0828. The predicted octanol–water partition coefficient (Wildman–Crippen LogP) is 1.01. The Morgan fingerprint density at radius 3 is 1.84 bits per heavy atom. The molecule has 0 aromatic heterocycles. The molecule has 0 aliphatic rings. The summed E-state index contributed by atoms with van der Waals surface area (Å²) in [6, 6.07) is 7.28. The van der Waals surface area contributed by atoms with Crippen molar-refractivity contribution < 1.29 is 39.6 Å². The van der Waals surface area contributed by atoms with Crippen LogP contribution < -0.4 is 0 Å². The number of nitrogens with zero attached hydrogens (tertiary/aromatic N) is 1. The third kappa shape index (κ3) is 13.7. The van der Waals surface area contributed by atoms with Crippen LogP contribution in [0.5, 0.6) is 0 Å². The Morgan fingerprint density at radius 2 is 1.44 bits per heavy atom. The van der Waals surface area contributed by atoms with E-state index in [1.807, 2.05) is 12.1 Å². The molecule has 1 aromatic carbocycles. The molecule has 0 unspecified atom stereocenters. The zero-order valence-corrected chi connectivity index (χ0v) is 14.7. The smallest absolute Gasteiger partial charge is 0.317 e. The summed E-state index contributed by atoms with van der Waals surface area (Å²) in [4.78, 5) is 42.0. The Labute approximate surface area is 151 Å². The van der Waals surface area contributed by atoms with Gasteiger partial charge in [-0.3, -0.25) is 24.1 Å². The summed E-state index contributed by atoms with van der Waals surface area (Å²) in [6.07, 6.45) is -0.194. The van der Waals surface area contributed by atoms with E-state index in [2.05, 4.69) is 15.9 Å². The standard InChI is InChI=1S/C8H7BrO2.C7H11NO6/c9-7-3-1-2-6(4-7)5-8(10)11;9-5(10)1-2-8(3-6(11)12)4-7(13)14/h1-4H,5H2,(H,10,11);1-4H2,(H,9,10)(H,11,12)(H,13,14). The molecule has 138 valence electrons. The molecule has 0 aliphatic heterocycles. The number of hydrogen-bond acceptors (Lipinski definition) is 5. The molecule has 0 atom stereocenters. The van der Waals surface area contributed by atoms with Gasteiger partial charge < -0.3 is 20.4 Å². The fourth-order valence-corrected chi connectivity index (χ4v) is 2.12. The van der Waals surface area contributed by atoms with Gasteiger partial charge in [-0.2, -0.15) is 0 Å². The first-order chi connectivity index (χ1) is 11.6. The van der Waals surface area contributed by atoms with Crippen molar-refractivity contribution in [3.63, 3.8) is 0 Å². The molecule has 0 saturated heterocycles. The van der Waals surface area contributed by atoms with E-state index in [9.17, 15) is 19.2 Å². The van der Waals surface area contributed by atoms with Gasteiger partial charge in [0, 0.05) is 11.0 Å². The molecule has 0 spiro atoms. The van der Waals surface area contributed by atoms with E-state index in [0.29, 0.717) is 0 Å². The molecule has 25 heavy (non-hydrogen) atoms. The average Bonchev–Trinajstić information content (AvgIpc) is 2.43. The number of aliphatic carboxylic acids is 4. The molecule has 0 heterocycles. The average molecular weight is 420 g/mol. The van der Waals surface area contributed by atoms with Crippen LogP contribution >= 0.6 is 15.9 Å². The molecular weight excluding hydrogens is 402 g/mol. The summed E-state index contributed by atoms with van der Waals surface area (Å²) < 4.78 is 0.913. The summed E-state index contributed by atoms with van der Waals surface area (Å²) >= 11 is 3.26. The highest BCUT2D eigenvalue weighted by atomic mass is 79.9. The number of carboxylic acids is 4. The van der Waals surface area contributed by atoms with Crippen LogP contribution in [0.3, 0.4) is 0 Å². The SMILES string of the molecule is O=C(O)CCN(CC(=O)O)CC(=O)O.O=C(O)Cc1cccc(Br)c1. The number of halogens is 1. The molecule has 4 N–H and O–H groups in total. The van der Waals surface area contributed by atoms with Crippen molar-refractivity contribution in [2.45, 2.75) is 12.8 Å². The Balaban J connectivity index is 0.000000472. The minimum atomic E-state index is -1.18. The molecular formula is C15H18BrNO8. The van der Waals surface area contributed by atoms with Gasteiger partial charge in [0.05, 0.1) is 25.9 Å². The van der Waals surface area contributed by atoms with Crippen LogP contribution in [0.1, 0.15) is 12.0 Å². The highest BCUT2D eigenvalue weighted by Gasteiger charge is 2.14. The monoisotopic (exact) mass is 419 g/mol. The lowest BCUT2D eigenvalue weighted by Gasteiger charge is -2.16. The fourth-order valence-electron chi connectivity index (χ4n) is 1.67. The second-order valence-electron chi connectivity index (χ2n) is 4.84. The Hall–Kier alpha value is -2.46. The normalized spacial score (nSPS) is 9.84. The number of hydrogen-bond donors (Lipinski definition) is 4. The Kier molecular flexibility index (Phi) is 10.8. The van der Waals surface area contributed by atoms with E-state index in [4.69, 9.17) is 20.4 Å². The quantitative estimate of drug-likeness (QED) is 0.458. The molecule has 9 nitrogen and oxygen atoms in total. The van der Waals surface area contributed by atoms with Crippen LogP contribution in [0.4, 0.5) is 0 Å². The van der Waals surface area contributed by atoms with Crippen LogP contribution in [0, 0.1) is 0 Å². The lowest BCUT2D eigenvalue weighted by Crippen LogP contribution is -2.35. The number of carboxylic acid groups (broad SMARTS) is 4. The van der Waals surface area contributed by atoms with E-state index in [0.717, 1.165) is 14.9 Å². The first kappa shape index (κ1) is 22.5. The van der Waals surface area contributed by atoms with Gasteiger partial charge >= 0.3 is 23.9 Å². The first-order valence-electron chi connectivity index (χ1n) is 6.94. The van der Waals surface area contributed by atoms with Gasteiger partial charge in [0.15, 0.2) is 0 Å². The maximum atomic E-state index is 10.3. The van der Waals surface area contributed by atoms with E-state index in [-0.39, 0.29) is 19.4 Å². The Bertz CT molecular complexity index is 603. The maximum absolute atomic E-state index is 10.3. The largest absolute Gasteiger partial charge is 0.481 e. The molecule has 0 fully saturated rings. The molecule has 0 saturated carbocycles. The lowest BCUT2D eigenvalue weighted by atomic mass is 10.2. The fraction of sp³-hybridized carbons (Fsp3) is 0.333. The highest BCUT2D eigenvalue weighted by Crippen LogP contribution is 2.11. The molecule has 0 radical (unpaired) electrons. The molecule has 0 aliphatic carbocycles. The van der Waals surface area contributed by atoms with Crippen molar-refractivity contribution in [2.24, 2.45) is 0 Å². The van der Waals surface area contributed by atoms with Crippen molar-refractivity contribution in [1.29, 1.82) is 0 Å². The van der Waals surface area contributed by atoms with Gasteiger partial charge in [0.25, 0.3) is 0 Å². The van der Waals surface area contributed by atoms with Gasteiger partial charge in [0.1, 0.15) is 0 Å². The van der Waals surface area contributed by atoms with E-state index < -0.39 is 37.0 Å². The highest BCUT2D eigenvalue weighted by molar-refractivity contribution is 9.10. The summed E-state index contributed by atoms with van der Waals surface area (Å²) in [5.74, 6) is -4.26. The summed E-state index contributed by atoms with van der Waals surface area (Å²) in [5, 5.41) is 33.5. The van der Waals surface area contributed by atoms with Crippen molar-refractivity contribution in [3.8, 4) is 0 Å². The van der Waals surface area contributed by atoms with Crippen LogP contribution in [0.2, 0.25) is 0 Å². The topological polar surface area (TPSA) is 152 Å². The number of carbonyl (C=O) groups is 4. The predicted molar refractivity (Wildman–Crippen MR) is 89.4 cm³/mol. The zero-order valence-electron chi connectivity index (χ0n) is 13.1. The van der Waals surface area contributed by atoms with Crippen LogP contribution in [-0.4, -0.2) is 68.8 Å². The van der Waals surface area contributed by atoms with Crippen LogP contribution in [0.25, 0.3) is 0 Å². The maximum Gasteiger partial charge on any atom is 0.317 e. The zero-order chi connectivity index (χ0) is 19.4. The minimum Gasteiger partial charge on any atom is -0.481 e. The van der Waals surface area contributed by atoms with Gasteiger partial charge in [0.2, 0.25) is 0 Å². The third-order valence-electron chi connectivity index (χ3n) is 2.60. The van der Waals surface area contributed by atoms with E-state index >= 15 is 0 Å². The molecule has 0 amide bonds. The second-order valence-corrected chi connectivity index (χ2v) is 5.76. The second kappa shape index (κ2) is 12.0. The first-order valence-corrected chi connectivity index (χ1v) is 7.73. The summed E-state index contributed by atoms with van der Waals surface area (Å²) in [6.45, 7) is -1.03. The van der Waals surface area contributed by atoms with Crippen LogP contribution in [0.15, 0.2) is 28.7 Å². The summed E-state index contributed by atoms with van der Waals surface area (Å²) in [5.41, 5.74) is 0.812. The van der Waals surface area contributed by atoms with Crippen molar-refractivity contribution in [1.82, 2.24) is 4.90 Å². The summed E-state index contributed by atoms with van der Waals surface area (Å²) in [7, 11) is 0. The number of benzene rings is 1. The van der Waals surface area contributed by atoms with Crippen LogP contribution in [-0.2, 0) is 25.6 Å². The third-order valence-corrected chi connectivity index (χ3v) is 3.10. The molecule has 0 bridgehead atoms. The molecule has 1 aromatic rings. The van der Waals surface area contributed by atoms with Gasteiger partial charge in [-0.15, -0.1) is 0 Å². The number of rotatable bonds is 9. The lowest BCUT2D eigenvalue weighted by molar-refractivity contribution is -0.144. The van der Waals surface area contributed by atoms with Gasteiger partial charge in [-0.05, 0) is 17.7 Å². The van der Waals surface area contributed by atoms with Gasteiger partial charge in [-0.25, -0.2) is 0 Å². The van der Waals surface area contributed by atoms with Crippen molar-refractivity contribution in [2.75, 3.05) is 19.6 Å². The van der Waals surface area contributed by atoms with E-state index in [1.54, 1.807) is 12.1 Å². The molecule has 10 heteroatoms. The van der Waals surface area contributed by atoms with Crippen molar-refractivity contribution >= 4 is 39.8 Å².